The first kappa shape index (κ1) is 12.9. The van der Waals surface area contributed by atoms with Crippen molar-refractivity contribution in [2.75, 3.05) is 0 Å². The molecular formula is C14H25NO2. The van der Waals surface area contributed by atoms with Gasteiger partial charge in [0.05, 0.1) is 0 Å². The predicted octanol–water partition coefficient (Wildman–Crippen LogP) is 2.48. The van der Waals surface area contributed by atoms with Crippen molar-refractivity contribution in [2.45, 2.75) is 64.5 Å². The molecule has 98 valence electrons. The lowest BCUT2D eigenvalue weighted by Gasteiger charge is -2.33. The van der Waals surface area contributed by atoms with Crippen LogP contribution in [0.2, 0.25) is 0 Å². The first-order valence-corrected chi connectivity index (χ1v) is 6.89. The van der Waals surface area contributed by atoms with Gasteiger partial charge in [-0.3, -0.25) is 4.79 Å². The van der Waals surface area contributed by atoms with Gasteiger partial charge in [0.15, 0.2) is 0 Å². The fourth-order valence-corrected chi connectivity index (χ4v) is 3.10. The Bertz CT molecular complexity index is 287. The summed E-state index contributed by atoms with van der Waals surface area (Å²) in [5.74, 6) is 1.46. The Morgan fingerprint density at radius 3 is 2.18 bits per heavy atom. The van der Waals surface area contributed by atoms with Crippen LogP contribution in [0.3, 0.4) is 0 Å². The minimum absolute atomic E-state index is 0.0860. The monoisotopic (exact) mass is 239 g/mol. The van der Waals surface area contributed by atoms with Gasteiger partial charge in [-0.15, -0.1) is 0 Å². The van der Waals surface area contributed by atoms with E-state index in [1.54, 1.807) is 0 Å². The van der Waals surface area contributed by atoms with Gasteiger partial charge in [-0.1, -0.05) is 13.8 Å². The fraction of sp³-hybridized carbons (Fsp3) is 0.929. The molecule has 0 spiro atoms. The molecule has 0 saturated heterocycles. The molecule has 3 unspecified atom stereocenters. The largest absolute Gasteiger partial charge is 0.461 e. The molecule has 2 aliphatic carbocycles. The summed E-state index contributed by atoms with van der Waals surface area (Å²) < 4.78 is 5.63. The summed E-state index contributed by atoms with van der Waals surface area (Å²) in [6.07, 6.45) is 5.46. The van der Waals surface area contributed by atoms with Gasteiger partial charge >= 0.3 is 5.97 Å². The molecule has 0 heterocycles. The standard InChI is InChI=1S/C14H25NO2/c1-9-6-10(2)8-12(7-9)17-13(16)14(3,15)11-4-5-11/h9-12H,4-8,15H2,1-3H3. The number of carbonyl (C=O) groups is 1. The quantitative estimate of drug-likeness (QED) is 0.770. The van der Waals surface area contributed by atoms with Gasteiger partial charge in [0.25, 0.3) is 0 Å². The van der Waals surface area contributed by atoms with Gasteiger partial charge in [0.1, 0.15) is 11.6 Å². The Labute approximate surface area is 104 Å². The van der Waals surface area contributed by atoms with Crippen molar-refractivity contribution in [3.63, 3.8) is 0 Å². The van der Waals surface area contributed by atoms with Crippen LogP contribution in [0.15, 0.2) is 0 Å². The third-order valence-corrected chi connectivity index (χ3v) is 4.27. The minimum Gasteiger partial charge on any atom is -0.461 e. The molecule has 17 heavy (non-hydrogen) atoms. The van der Waals surface area contributed by atoms with Crippen LogP contribution in [0, 0.1) is 17.8 Å². The molecule has 0 aromatic heterocycles. The number of ether oxygens (including phenoxy) is 1. The normalized spacial score (nSPS) is 37.3. The molecular weight excluding hydrogens is 214 g/mol. The molecule has 0 amide bonds. The lowest BCUT2D eigenvalue weighted by molar-refractivity contribution is -0.158. The lowest BCUT2D eigenvalue weighted by atomic mass is 9.81. The van der Waals surface area contributed by atoms with Gasteiger partial charge < -0.3 is 10.5 Å². The zero-order valence-electron chi connectivity index (χ0n) is 11.2. The highest BCUT2D eigenvalue weighted by Crippen LogP contribution is 2.39. The Morgan fingerprint density at radius 1 is 1.18 bits per heavy atom. The molecule has 0 bridgehead atoms. The highest BCUT2D eigenvalue weighted by Gasteiger charge is 2.46. The number of hydrogen-bond donors (Lipinski definition) is 1. The molecule has 3 atom stereocenters. The van der Waals surface area contributed by atoms with Crippen LogP contribution in [-0.2, 0) is 9.53 Å². The van der Waals surface area contributed by atoms with E-state index in [1.165, 1.54) is 6.42 Å². The maximum atomic E-state index is 12.1. The van der Waals surface area contributed by atoms with Crippen molar-refractivity contribution in [1.29, 1.82) is 0 Å². The van der Waals surface area contributed by atoms with Crippen LogP contribution < -0.4 is 5.73 Å². The van der Waals surface area contributed by atoms with Gasteiger partial charge in [0, 0.05) is 0 Å². The molecule has 2 saturated carbocycles. The van der Waals surface area contributed by atoms with Crippen molar-refractivity contribution in [3.05, 3.63) is 0 Å². The molecule has 0 aromatic rings. The Morgan fingerprint density at radius 2 is 1.71 bits per heavy atom. The second kappa shape index (κ2) is 4.60. The number of rotatable bonds is 3. The van der Waals surface area contributed by atoms with E-state index >= 15 is 0 Å². The average Bonchev–Trinajstić information content (AvgIpc) is 2.98. The predicted molar refractivity (Wildman–Crippen MR) is 67.4 cm³/mol. The van der Waals surface area contributed by atoms with Gasteiger partial charge in [-0.25, -0.2) is 0 Å². The molecule has 0 aromatic carbocycles. The number of hydrogen-bond acceptors (Lipinski definition) is 3. The summed E-state index contributed by atoms with van der Waals surface area (Å²) in [7, 11) is 0. The van der Waals surface area contributed by atoms with E-state index in [-0.39, 0.29) is 12.1 Å². The van der Waals surface area contributed by atoms with Crippen LogP contribution in [0.5, 0.6) is 0 Å². The third kappa shape index (κ3) is 3.01. The van der Waals surface area contributed by atoms with Crippen LogP contribution in [0.4, 0.5) is 0 Å². The minimum atomic E-state index is -0.760. The Hall–Kier alpha value is -0.570. The van der Waals surface area contributed by atoms with Crippen LogP contribution in [0.1, 0.15) is 52.9 Å². The number of carbonyl (C=O) groups excluding carboxylic acids is 1. The summed E-state index contributed by atoms with van der Waals surface area (Å²) in [5.41, 5.74) is 5.32. The summed E-state index contributed by atoms with van der Waals surface area (Å²) >= 11 is 0. The lowest BCUT2D eigenvalue weighted by Crippen LogP contribution is -2.49. The summed E-state index contributed by atoms with van der Waals surface area (Å²) in [4.78, 5) is 12.1. The number of esters is 1. The SMILES string of the molecule is CC1CC(C)CC(OC(=O)C(C)(N)C2CC2)C1. The molecule has 2 N–H and O–H groups in total. The molecule has 3 heteroatoms. The van der Waals surface area contributed by atoms with E-state index < -0.39 is 5.54 Å². The summed E-state index contributed by atoms with van der Waals surface area (Å²) in [6.45, 7) is 6.29. The highest BCUT2D eigenvalue weighted by molar-refractivity contribution is 5.81. The molecule has 3 nitrogen and oxygen atoms in total. The molecule has 2 fully saturated rings. The van der Waals surface area contributed by atoms with Gasteiger partial charge in [-0.05, 0) is 56.8 Å². The topological polar surface area (TPSA) is 52.3 Å². The molecule has 0 aliphatic heterocycles. The second-order valence-electron chi connectivity index (χ2n) is 6.50. The van der Waals surface area contributed by atoms with Crippen molar-refractivity contribution in [1.82, 2.24) is 0 Å². The maximum absolute atomic E-state index is 12.1. The number of nitrogens with two attached hydrogens (primary N) is 1. The highest BCUT2D eigenvalue weighted by atomic mass is 16.5. The van der Waals surface area contributed by atoms with Crippen LogP contribution in [0.25, 0.3) is 0 Å². The van der Waals surface area contributed by atoms with E-state index in [0.717, 1.165) is 25.7 Å². The van der Waals surface area contributed by atoms with Crippen LogP contribution >= 0.6 is 0 Å². The van der Waals surface area contributed by atoms with Crippen molar-refractivity contribution < 1.29 is 9.53 Å². The van der Waals surface area contributed by atoms with Gasteiger partial charge in [0.2, 0.25) is 0 Å². The molecule has 2 aliphatic rings. The first-order chi connectivity index (χ1) is 7.89. The summed E-state index contributed by atoms with van der Waals surface area (Å²) in [6, 6.07) is 0. The van der Waals surface area contributed by atoms with Crippen molar-refractivity contribution in [3.8, 4) is 0 Å². The molecule has 2 rings (SSSR count). The van der Waals surface area contributed by atoms with Crippen molar-refractivity contribution in [2.24, 2.45) is 23.5 Å². The third-order valence-electron chi connectivity index (χ3n) is 4.27. The average molecular weight is 239 g/mol. The smallest absolute Gasteiger partial charge is 0.326 e. The first-order valence-electron chi connectivity index (χ1n) is 6.89. The summed E-state index contributed by atoms with van der Waals surface area (Å²) in [5, 5.41) is 0. The second-order valence-corrected chi connectivity index (χ2v) is 6.50. The Kier molecular flexibility index (Phi) is 3.48. The Balaban J connectivity index is 1.89. The van der Waals surface area contributed by atoms with E-state index in [9.17, 15) is 4.79 Å². The van der Waals surface area contributed by atoms with E-state index in [1.807, 2.05) is 6.92 Å². The van der Waals surface area contributed by atoms with Crippen molar-refractivity contribution >= 4 is 5.97 Å². The zero-order chi connectivity index (χ0) is 12.6. The van der Waals surface area contributed by atoms with Crippen LogP contribution in [-0.4, -0.2) is 17.6 Å². The maximum Gasteiger partial charge on any atom is 0.326 e. The van der Waals surface area contributed by atoms with E-state index in [2.05, 4.69) is 13.8 Å². The molecule has 0 radical (unpaired) electrons. The van der Waals surface area contributed by atoms with E-state index in [0.29, 0.717) is 17.8 Å². The van der Waals surface area contributed by atoms with E-state index in [4.69, 9.17) is 10.5 Å². The zero-order valence-corrected chi connectivity index (χ0v) is 11.2. The van der Waals surface area contributed by atoms with Gasteiger partial charge in [-0.2, -0.15) is 0 Å². The fourth-order valence-electron chi connectivity index (χ4n) is 3.10.